The largest absolute Gasteiger partial charge is 0.461 e. The minimum atomic E-state index is -0.424. The van der Waals surface area contributed by atoms with Crippen molar-refractivity contribution in [2.45, 2.75) is 20.8 Å². The van der Waals surface area contributed by atoms with Crippen LogP contribution in [0.5, 0.6) is 0 Å². The molecule has 1 aromatic rings. The fourth-order valence-corrected chi connectivity index (χ4v) is 1.26. The van der Waals surface area contributed by atoms with Crippen LogP contribution in [0.4, 0.5) is 0 Å². The Kier molecular flexibility index (Phi) is 3.47. The van der Waals surface area contributed by atoms with Gasteiger partial charge in [-0.1, -0.05) is 11.6 Å². The van der Waals surface area contributed by atoms with E-state index in [9.17, 15) is 4.79 Å². The van der Waals surface area contributed by atoms with Crippen LogP contribution in [0.25, 0.3) is 0 Å². The van der Waals surface area contributed by atoms with Crippen molar-refractivity contribution in [2.24, 2.45) is 0 Å². The summed E-state index contributed by atoms with van der Waals surface area (Å²) in [5.74, 6) is -0.424. The van der Waals surface area contributed by atoms with Gasteiger partial charge in [0, 0.05) is 11.8 Å². The predicted octanol–water partition coefficient (Wildman–Crippen LogP) is 2.53. The molecule has 0 aliphatic rings. The SMILES string of the molecule is CCOC(=O)c1ncc(C)c(Cl)c1C. The molecule has 0 amide bonds. The van der Waals surface area contributed by atoms with Crippen LogP contribution in [0.3, 0.4) is 0 Å². The summed E-state index contributed by atoms with van der Waals surface area (Å²) in [6.45, 7) is 5.69. The van der Waals surface area contributed by atoms with Crippen LogP contribution in [0.2, 0.25) is 5.02 Å². The Morgan fingerprint density at radius 3 is 2.79 bits per heavy atom. The quantitative estimate of drug-likeness (QED) is 0.709. The number of aryl methyl sites for hydroxylation is 1. The van der Waals surface area contributed by atoms with Gasteiger partial charge >= 0.3 is 5.97 Å². The standard InChI is InChI=1S/C10H12ClNO2/c1-4-14-10(13)9-7(3)8(11)6(2)5-12-9/h5H,4H2,1-3H3. The van der Waals surface area contributed by atoms with Gasteiger partial charge in [0.25, 0.3) is 0 Å². The molecule has 0 fully saturated rings. The highest BCUT2D eigenvalue weighted by atomic mass is 35.5. The van der Waals surface area contributed by atoms with E-state index in [0.717, 1.165) is 5.56 Å². The molecule has 0 atom stereocenters. The zero-order valence-electron chi connectivity index (χ0n) is 8.43. The number of nitrogens with zero attached hydrogens (tertiary/aromatic N) is 1. The summed E-state index contributed by atoms with van der Waals surface area (Å²) in [7, 11) is 0. The fourth-order valence-electron chi connectivity index (χ4n) is 1.12. The van der Waals surface area contributed by atoms with Crippen LogP contribution in [0.1, 0.15) is 28.5 Å². The highest BCUT2D eigenvalue weighted by Gasteiger charge is 2.14. The van der Waals surface area contributed by atoms with Gasteiger partial charge < -0.3 is 4.74 Å². The lowest BCUT2D eigenvalue weighted by atomic mass is 10.1. The molecule has 0 bridgehead atoms. The Bertz CT molecular complexity index is 363. The summed E-state index contributed by atoms with van der Waals surface area (Å²) in [6, 6.07) is 0. The molecule has 0 aliphatic heterocycles. The molecule has 0 radical (unpaired) electrons. The van der Waals surface area contributed by atoms with E-state index in [1.165, 1.54) is 0 Å². The van der Waals surface area contributed by atoms with Gasteiger partial charge in [0.1, 0.15) is 0 Å². The molecule has 1 rings (SSSR count). The van der Waals surface area contributed by atoms with Crippen molar-refractivity contribution in [1.29, 1.82) is 0 Å². The average molecular weight is 214 g/mol. The topological polar surface area (TPSA) is 39.2 Å². The minimum absolute atomic E-state index is 0.294. The van der Waals surface area contributed by atoms with Gasteiger partial charge in [0.05, 0.1) is 11.6 Å². The molecule has 1 aromatic heterocycles. The number of hydrogen-bond donors (Lipinski definition) is 0. The first-order valence-electron chi connectivity index (χ1n) is 4.36. The summed E-state index contributed by atoms with van der Waals surface area (Å²) in [4.78, 5) is 15.4. The molecule has 14 heavy (non-hydrogen) atoms. The van der Waals surface area contributed by atoms with Gasteiger partial charge in [-0.25, -0.2) is 9.78 Å². The van der Waals surface area contributed by atoms with Crippen molar-refractivity contribution in [1.82, 2.24) is 4.98 Å². The number of halogens is 1. The number of carbonyl (C=O) groups is 1. The van der Waals surface area contributed by atoms with E-state index in [2.05, 4.69) is 4.98 Å². The highest BCUT2D eigenvalue weighted by molar-refractivity contribution is 6.32. The van der Waals surface area contributed by atoms with Crippen LogP contribution in [0, 0.1) is 13.8 Å². The number of ether oxygens (including phenoxy) is 1. The van der Waals surface area contributed by atoms with Crippen molar-refractivity contribution in [3.63, 3.8) is 0 Å². The molecule has 0 aromatic carbocycles. The number of rotatable bonds is 2. The van der Waals surface area contributed by atoms with Gasteiger partial charge in [-0.3, -0.25) is 0 Å². The number of esters is 1. The van der Waals surface area contributed by atoms with Crippen LogP contribution in [-0.2, 0) is 4.74 Å². The van der Waals surface area contributed by atoms with E-state index >= 15 is 0 Å². The monoisotopic (exact) mass is 213 g/mol. The van der Waals surface area contributed by atoms with Crippen molar-refractivity contribution in [3.8, 4) is 0 Å². The van der Waals surface area contributed by atoms with Gasteiger partial charge in [-0.15, -0.1) is 0 Å². The first-order chi connectivity index (χ1) is 6.57. The lowest BCUT2D eigenvalue weighted by Gasteiger charge is -2.07. The second-order valence-electron chi connectivity index (χ2n) is 2.95. The Morgan fingerprint density at radius 1 is 1.57 bits per heavy atom. The first kappa shape index (κ1) is 11.0. The van der Waals surface area contributed by atoms with Gasteiger partial charge in [0.15, 0.2) is 5.69 Å². The highest BCUT2D eigenvalue weighted by Crippen LogP contribution is 2.21. The molecule has 0 unspecified atom stereocenters. The summed E-state index contributed by atoms with van der Waals surface area (Å²) < 4.78 is 4.84. The van der Waals surface area contributed by atoms with E-state index in [1.807, 2.05) is 6.92 Å². The summed E-state index contributed by atoms with van der Waals surface area (Å²) in [5, 5.41) is 0.572. The fraction of sp³-hybridized carbons (Fsp3) is 0.400. The minimum Gasteiger partial charge on any atom is -0.461 e. The molecule has 3 nitrogen and oxygen atoms in total. The van der Waals surface area contributed by atoms with Crippen molar-refractivity contribution < 1.29 is 9.53 Å². The summed E-state index contributed by atoms with van der Waals surface area (Å²) in [5.41, 5.74) is 1.82. The number of pyridine rings is 1. The van der Waals surface area contributed by atoms with Crippen molar-refractivity contribution in [3.05, 3.63) is 28.0 Å². The van der Waals surface area contributed by atoms with Crippen LogP contribution in [-0.4, -0.2) is 17.6 Å². The summed E-state index contributed by atoms with van der Waals surface area (Å²) in [6.07, 6.45) is 1.57. The second kappa shape index (κ2) is 4.42. The molecule has 76 valence electrons. The van der Waals surface area contributed by atoms with Crippen molar-refractivity contribution >= 4 is 17.6 Å². The zero-order valence-corrected chi connectivity index (χ0v) is 9.18. The number of aromatic nitrogens is 1. The van der Waals surface area contributed by atoms with Crippen LogP contribution >= 0.6 is 11.6 Å². The number of hydrogen-bond acceptors (Lipinski definition) is 3. The van der Waals surface area contributed by atoms with Crippen molar-refractivity contribution in [2.75, 3.05) is 6.61 Å². The molecule has 0 saturated carbocycles. The summed E-state index contributed by atoms with van der Waals surface area (Å²) >= 11 is 5.98. The van der Waals surface area contributed by atoms with E-state index in [0.29, 0.717) is 22.9 Å². The molecule has 0 aliphatic carbocycles. The lowest BCUT2D eigenvalue weighted by molar-refractivity contribution is 0.0518. The van der Waals surface area contributed by atoms with E-state index < -0.39 is 5.97 Å². The van der Waals surface area contributed by atoms with E-state index in [-0.39, 0.29) is 0 Å². The predicted molar refractivity (Wildman–Crippen MR) is 54.7 cm³/mol. The third kappa shape index (κ3) is 2.04. The lowest BCUT2D eigenvalue weighted by Crippen LogP contribution is -2.09. The molecule has 0 saturated heterocycles. The smallest absolute Gasteiger partial charge is 0.357 e. The van der Waals surface area contributed by atoms with Crippen LogP contribution in [0.15, 0.2) is 6.20 Å². The Hall–Kier alpha value is -1.09. The molecule has 4 heteroatoms. The average Bonchev–Trinajstić information content (AvgIpc) is 2.15. The van der Waals surface area contributed by atoms with Gasteiger partial charge in [-0.2, -0.15) is 0 Å². The van der Waals surface area contributed by atoms with Crippen LogP contribution < -0.4 is 0 Å². The zero-order chi connectivity index (χ0) is 10.7. The third-order valence-electron chi connectivity index (χ3n) is 1.89. The maximum Gasteiger partial charge on any atom is 0.357 e. The Labute approximate surface area is 88.1 Å². The van der Waals surface area contributed by atoms with Gasteiger partial charge in [-0.05, 0) is 26.3 Å². The maximum atomic E-state index is 11.4. The molecule has 0 spiro atoms. The maximum absolute atomic E-state index is 11.4. The number of carbonyl (C=O) groups excluding carboxylic acids is 1. The molecular weight excluding hydrogens is 202 g/mol. The molecular formula is C10H12ClNO2. The Morgan fingerprint density at radius 2 is 2.21 bits per heavy atom. The van der Waals surface area contributed by atoms with Gasteiger partial charge in [0.2, 0.25) is 0 Å². The third-order valence-corrected chi connectivity index (χ3v) is 2.47. The Balaban J connectivity index is 3.11. The first-order valence-corrected chi connectivity index (χ1v) is 4.74. The van der Waals surface area contributed by atoms with E-state index in [1.54, 1.807) is 20.0 Å². The normalized spacial score (nSPS) is 10.0. The second-order valence-corrected chi connectivity index (χ2v) is 3.33. The molecule has 0 N–H and O–H groups in total. The molecule has 1 heterocycles. The van der Waals surface area contributed by atoms with E-state index in [4.69, 9.17) is 16.3 Å².